The maximum Gasteiger partial charge on any atom is 0.255 e. The SMILES string of the molecule is CC(/C=N/OCc1c(F)c(F)c(F)c(F)c1F)CC(C)Sc1cc(C(=O)Nc2cc(F)c(F)c(F)c2)ccc1Cl. The van der Waals surface area contributed by atoms with Gasteiger partial charge in [-0.1, -0.05) is 30.6 Å². The van der Waals surface area contributed by atoms with E-state index in [0.717, 1.165) is 0 Å². The molecule has 1 amide bonds. The summed E-state index contributed by atoms with van der Waals surface area (Å²) < 4.78 is 107. The number of anilines is 1. The van der Waals surface area contributed by atoms with E-state index in [1.807, 2.05) is 6.92 Å². The number of halogens is 9. The number of thioether (sulfide) groups is 1. The highest BCUT2D eigenvalue weighted by Crippen LogP contribution is 2.34. The van der Waals surface area contributed by atoms with Crippen LogP contribution in [0.5, 0.6) is 0 Å². The fourth-order valence-electron chi connectivity index (χ4n) is 3.44. The van der Waals surface area contributed by atoms with Gasteiger partial charge < -0.3 is 10.2 Å². The van der Waals surface area contributed by atoms with Gasteiger partial charge >= 0.3 is 0 Å². The Morgan fingerprint density at radius 3 is 2.10 bits per heavy atom. The molecule has 0 spiro atoms. The molecule has 2 unspecified atom stereocenters. The number of nitrogens with zero attached hydrogens (tertiary/aromatic N) is 1. The smallest absolute Gasteiger partial charge is 0.255 e. The molecule has 0 aromatic heterocycles. The first kappa shape index (κ1) is 31.2. The van der Waals surface area contributed by atoms with Gasteiger partial charge in [0.1, 0.15) is 6.61 Å². The van der Waals surface area contributed by atoms with Crippen LogP contribution in [0, 0.1) is 52.5 Å². The van der Waals surface area contributed by atoms with Crippen LogP contribution in [0.2, 0.25) is 5.02 Å². The van der Waals surface area contributed by atoms with Gasteiger partial charge in [-0.15, -0.1) is 11.8 Å². The summed E-state index contributed by atoms with van der Waals surface area (Å²) in [6.07, 6.45) is 1.75. The summed E-state index contributed by atoms with van der Waals surface area (Å²) in [6, 6.07) is 5.58. The molecule has 0 saturated heterocycles. The Hall–Kier alpha value is -3.32. The molecule has 0 fully saturated rings. The maximum absolute atomic E-state index is 13.7. The number of amides is 1. The zero-order chi connectivity index (χ0) is 29.7. The predicted molar refractivity (Wildman–Crippen MR) is 134 cm³/mol. The molecule has 0 radical (unpaired) electrons. The highest BCUT2D eigenvalue weighted by molar-refractivity contribution is 8.00. The van der Waals surface area contributed by atoms with Crippen LogP contribution in [-0.2, 0) is 11.4 Å². The first-order valence-electron chi connectivity index (χ1n) is 11.4. The fourth-order valence-corrected chi connectivity index (χ4v) is 4.90. The monoisotopic (exact) mass is 610 g/mol. The van der Waals surface area contributed by atoms with Crippen molar-refractivity contribution in [1.29, 1.82) is 0 Å². The molecule has 3 aromatic carbocycles. The number of nitrogens with one attached hydrogen (secondary N) is 1. The zero-order valence-electron chi connectivity index (χ0n) is 20.6. The van der Waals surface area contributed by atoms with E-state index in [4.69, 9.17) is 16.4 Å². The standard InChI is InChI=1S/C26H19ClF8N2O2S/c1-11(9-36-39-10-15-20(30)23(33)25(35)24(34)21(15)31)5-12(2)40-19-6-13(3-4-16(19)27)26(38)37-14-7-17(28)22(32)18(29)8-14/h3-4,6-9,11-12H,5,10H2,1-2H3,(H,37,38)/b36-9+. The summed E-state index contributed by atoms with van der Waals surface area (Å²) in [5.41, 5.74) is -1.33. The topological polar surface area (TPSA) is 50.7 Å². The number of hydrogen-bond donors (Lipinski definition) is 1. The number of oxime groups is 1. The van der Waals surface area contributed by atoms with Crippen molar-refractivity contribution in [1.82, 2.24) is 0 Å². The molecule has 0 heterocycles. The van der Waals surface area contributed by atoms with Gasteiger partial charge in [0.15, 0.2) is 40.7 Å². The number of carbonyl (C=O) groups is 1. The van der Waals surface area contributed by atoms with Gasteiger partial charge in [0.2, 0.25) is 5.82 Å². The second-order valence-electron chi connectivity index (χ2n) is 8.57. The van der Waals surface area contributed by atoms with Gasteiger partial charge in [-0.3, -0.25) is 4.79 Å². The summed E-state index contributed by atoms with van der Waals surface area (Å²) in [6.45, 7) is 2.58. The summed E-state index contributed by atoms with van der Waals surface area (Å²) in [4.78, 5) is 17.8. The van der Waals surface area contributed by atoms with Crippen molar-refractivity contribution in [2.24, 2.45) is 11.1 Å². The van der Waals surface area contributed by atoms with E-state index in [-0.39, 0.29) is 22.4 Å². The van der Waals surface area contributed by atoms with Crippen LogP contribution in [0.1, 0.15) is 36.2 Å². The molecular formula is C26H19ClF8N2O2S. The van der Waals surface area contributed by atoms with Crippen LogP contribution in [0.25, 0.3) is 0 Å². The molecule has 1 N–H and O–H groups in total. The van der Waals surface area contributed by atoms with Crippen LogP contribution in [0.3, 0.4) is 0 Å². The zero-order valence-corrected chi connectivity index (χ0v) is 22.2. The Balaban J connectivity index is 1.58. The van der Waals surface area contributed by atoms with Crippen molar-refractivity contribution in [3.8, 4) is 0 Å². The molecule has 3 aromatic rings. The van der Waals surface area contributed by atoms with Crippen molar-refractivity contribution in [2.45, 2.75) is 37.0 Å². The lowest BCUT2D eigenvalue weighted by Crippen LogP contribution is -2.13. The molecule has 214 valence electrons. The van der Waals surface area contributed by atoms with E-state index in [9.17, 15) is 39.9 Å². The molecule has 0 aliphatic carbocycles. The summed E-state index contributed by atoms with van der Waals surface area (Å²) in [5.74, 6) is -16.0. The average Bonchev–Trinajstić information content (AvgIpc) is 2.90. The first-order valence-corrected chi connectivity index (χ1v) is 12.6. The third kappa shape index (κ3) is 7.45. The van der Waals surface area contributed by atoms with Gasteiger partial charge in [-0.2, -0.15) is 0 Å². The second kappa shape index (κ2) is 13.4. The van der Waals surface area contributed by atoms with E-state index in [1.54, 1.807) is 6.92 Å². The van der Waals surface area contributed by atoms with Crippen molar-refractivity contribution < 1.29 is 44.8 Å². The highest BCUT2D eigenvalue weighted by Gasteiger charge is 2.26. The lowest BCUT2D eigenvalue weighted by atomic mass is 10.1. The minimum Gasteiger partial charge on any atom is -0.391 e. The van der Waals surface area contributed by atoms with Gasteiger partial charge in [0, 0.05) is 39.7 Å². The van der Waals surface area contributed by atoms with E-state index in [0.29, 0.717) is 28.5 Å². The van der Waals surface area contributed by atoms with E-state index in [1.165, 1.54) is 36.2 Å². The largest absolute Gasteiger partial charge is 0.391 e. The molecule has 0 saturated carbocycles. The molecule has 14 heteroatoms. The van der Waals surface area contributed by atoms with Gasteiger partial charge in [-0.05, 0) is 30.5 Å². The predicted octanol–water partition coefficient (Wildman–Crippen LogP) is 8.41. The van der Waals surface area contributed by atoms with Crippen molar-refractivity contribution >= 4 is 41.2 Å². The molecule has 2 atom stereocenters. The molecule has 0 aliphatic heterocycles. The van der Waals surface area contributed by atoms with E-state index < -0.39 is 64.6 Å². The minimum atomic E-state index is -2.27. The third-order valence-electron chi connectivity index (χ3n) is 5.37. The number of carbonyl (C=O) groups excluding carboxylic acids is 1. The van der Waals surface area contributed by atoms with Crippen LogP contribution in [0.4, 0.5) is 40.8 Å². The Bertz CT molecular complexity index is 1400. The van der Waals surface area contributed by atoms with Gasteiger partial charge in [0.05, 0.1) is 10.6 Å². The first-order chi connectivity index (χ1) is 18.8. The van der Waals surface area contributed by atoms with Crippen molar-refractivity contribution in [2.75, 3.05) is 5.32 Å². The quantitative estimate of drug-likeness (QED) is 0.0626. The Labute approximate surface area is 232 Å². The molecule has 0 aliphatic rings. The van der Waals surface area contributed by atoms with Crippen molar-refractivity contribution in [3.63, 3.8) is 0 Å². The third-order valence-corrected chi connectivity index (χ3v) is 6.99. The summed E-state index contributed by atoms with van der Waals surface area (Å²) >= 11 is 7.53. The van der Waals surface area contributed by atoms with Gasteiger partial charge in [-0.25, -0.2) is 35.1 Å². The van der Waals surface area contributed by atoms with Crippen molar-refractivity contribution in [3.05, 3.63) is 93.0 Å². The average molecular weight is 611 g/mol. The van der Waals surface area contributed by atoms with Crippen LogP contribution in [0.15, 0.2) is 40.4 Å². The summed E-state index contributed by atoms with van der Waals surface area (Å²) in [7, 11) is 0. The van der Waals surface area contributed by atoms with E-state index >= 15 is 0 Å². The summed E-state index contributed by atoms with van der Waals surface area (Å²) in [5, 5.41) is 6.01. The lowest BCUT2D eigenvalue weighted by molar-refractivity contribution is 0.102. The minimum absolute atomic E-state index is 0.111. The Morgan fingerprint density at radius 1 is 0.925 bits per heavy atom. The van der Waals surface area contributed by atoms with E-state index in [2.05, 4.69) is 10.5 Å². The van der Waals surface area contributed by atoms with Crippen LogP contribution >= 0.6 is 23.4 Å². The molecule has 3 rings (SSSR count). The lowest BCUT2D eigenvalue weighted by Gasteiger charge is -2.15. The molecule has 4 nitrogen and oxygen atoms in total. The molecule has 40 heavy (non-hydrogen) atoms. The maximum atomic E-state index is 13.7. The Morgan fingerprint density at radius 2 is 1.50 bits per heavy atom. The van der Waals surface area contributed by atoms with Crippen LogP contribution in [-0.4, -0.2) is 17.4 Å². The normalized spacial score (nSPS) is 13.0. The second-order valence-corrected chi connectivity index (χ2v) is 10.5. The molecule has 0 bridgehead atoms. The van der Waals surface area contributed by atoms with Gasteiger partial charge in [0.25, 0.3) is 5.91 Å². The number of hydrogen-bond acceptors (Lipinski definition) is 4. The fraction of sp³-hybridized carbons (Fsp3) is 0.231. The number of rotatable bonds is 10. The number of benzene rings is 3. The Kier molecular flexibility index (Phi) is 10.4. The van der Waals surface area contributed by atoms with Crippen LogP contribution < -0.4 is 5.32 Å². The molecular weight excluding hydrogens is 592 g/mol. The highest BCUT2D eigenvalue weighted by atomic mass is 35.5.